The summed E-state index contributed by atoms with van der Waals surface area (Å²) < 4.78 is 0. The first-order valence-electron chi connectivity index (χ1n) is 8.69. The van der Waals surface area contributed by atoms with E-state index in [0.29, 0.717) is 5.02 Å². The fraction of sp³-hybridized carbons (Fsp3) is 0.381. The van der Waals surface area contributed by atoms with Gasteiger partial charge in [0.05, 0.1) is 11.5 Å². The molecule has 1 aliphatic rings. The molecule has 3 rings (SSSR count). The standard InChI is InChI=1S/C21H24ClNO/c1-3-21(2,16-11-13-17(22)14-12-16)23-20(24)19-10-6-8-15-7-4-5-9-18(15)19/h4-5,7,9,11-14,19H,3,6,8,10H2,1-2H3,(H,23,24). The van der Waals surface area contributed by atoms with Gasteiger partial charge in [-0.2, -0.15) is 0 Å². The lowest BCUT2D eigenvalue weighted by molar-refractivity contribution is -0.124. The van der Waals surface area contributed by atoms with E-state index in [0.717, 1.165) is 31.2 Å². The molecule has 0 aliphatic heterocycles. The Bertz CT molecular complexity index is 725. The third-order valence-electron chi connectivity index (χ3n) is 5.27. The van der Waals surface area contributed by atoms with Crippen LogP contribution in [0.25, 0.3) is 0 Å². The minimum absolute atomic E-state index is 0.0480. The van der Waals surface area contributed by atoms with E-state index in [1.807, 2.05) is 30.3 Å². The molecule has 126 valence electrons. The summed E-state index contributed by atoms with van der Waals surface area (Å²) >= 11 is 6.00. The van der Waals surface area contributed by atoms with Gasteiger partial charge in [0.2, 0.25) is 5.91 Å². The highest BCUT2D eigenvalue weighted by molar-refractivity contribution is 6.30. The van der Waals surface area contributed by atoms with Gasteiger partial charge in [0.1, 0.15) is 0 Å². The largest absolute Gasteiger partial charge is 0.346 e. The van der Waals surface area contributed by atoms with Crippen molar-refractivity contribution >= 4 is 17.5 Å². The molecule has 2 nitrogen and oxygen atoms in total. The van der Waals surface area contributed by atoms with Crippen molar-refractivity contribution in [2.24, 2.45) is 0 Å². The Morgan fingerprint density at radius 2 is 1.92 bits per heavy atom. The van der Waals surface area contributed by atoms with Gasteiger partial charge >= 0.3 is 0 Å². The van der Waals surface area contributed by atoms with E-state index in [1.54, 1.807) is 0 Å². The van der Waals surface area contributed by atoms with Gasteiger partial charge in [-0.15, -0.1) is 0 Å². The van der Waals surface area contributed by atoms with Gasteiger partial charge in [0.25, 0.3) is 0 Å². The number of carbonyl (C=O) groups is 1. The zero-order valence-corrected chi connectivity index (χ0v) is 15.1. The molecule has 0 aromatic heterocycles. The Labute approximate surface area is 149 Å². The van der Waals surface area contributed by atoms with E-state index in [1.165, 1.54) is 11.1 Å². The Morgan fingerprint density at radius 3 is 2.62 bits per heavy atom. The molecule has 1 N–H and O–H groups in total. The number of benzene rings is 2. The first kappa shape index (κ1) is 17.0. The molecule has 0 radical (unpaired) electrons. The molecule has 0 saturated heterocycles. The monoisotopic (exact) mass is 341 g/mol. The molecule has 2 atom stereocenters. The van der Waals surface area contributed by atoms with E-state index in [2.05, 4.69) is 37.4 Å². The molecule has 2 aromatic carbocycles. The number of amides is 1. The number of carbonyl (C=O) groups excluding carboxylic acids is 1. The molecule has 3 heteroatoms. The van der Waals surface area contributed by atoms with Crippen molar-refractivity contribution in [2.45, 2.75) is 51.0 Å². The van der Waals surface area contributed by atoms with Crippen LogP contribution in [0.15, 0.2) is 48.5 Å². The second-order valence-electron chi connectivity index (χ2n) is 6.83. The second-order valence-corrected chi connectivity index (χ2v) is 7.26. The maximum absolute atomic E-state index is 13.0. The molecule has 2 unspecified atom stereocenters. The summed E-state index contributed by atoms with van der Waals surface area (Å²) in [6.45, 7) is 4.19. The van der Waals surface area contributed by atoms with Crippen LogP contribution in [0.5, 0.6) is 0 Å². The lowest BCUT2D eigenvalue weighted by atomic mass is 9.81. The molecule has 0 heterocycles. The summed E-state index contributed by atoms with van der Waals surface area (Å²) in [5, 5.41) is 4.02. The zero-order valence-electron chi connectivity index (χ0n) is 14.3. The quantitative estimate of drug-likeness (QED) is 0.813. The first-order valence-corrected chi connectivity index (χ1v) is 9.07. The number of hydrogen-bond donors (Lipinski definition) is 1. The van der Waals surface area contributed by atoms with Gasteiger partial charge in [-0.25, -0.2) is 0 Å². The minimum Gasteiger partial charge on any atom is -0.346 e. The van der Waals surface area contributed by atoms with E-state index in [-0.39, 0.29) is 17.4 Å². The Hall–Kier alpha value is -1.80. The number of aryl methyl sites for hydroxylation is 1. The predicted molar refractivity (Wildman–Crippen MR) is 99.4 cm³/mol. The van der Waals surface area contributed by atoms with Crippen molar-refractivity contribution in [3.05, 3.63) is 70.2 Å². The van der Waals surface area contributed by atoms with Crippen LogP contribution in [0, 0.1) is 0 Å². The highest BCUT2D eigenvalue weighted by Gasteiger charge is 2.32. The molecular weight excluding hydrogens is 318 g/mol. The lowest BCUT2D eigenvalue weighted by Gasteiger charge is -2.34. The highest BCUT2D eigenvalue weighted by Crippen LogP contribution is 2.33. The Balaban J connectivity index is 1.84. The molecule has 0 spiro atoms. The highest BCUT2D eigenvalue weighted by atomic mass is 35.5. The number of halogens is 1. The average Bonchev–Trinajstić information content (AvgIpc) is 2.61. The summed E-state index contributed by atoms with van der Waals surface area (Å²) in [5.41, 5.74) is 3.21. The van der Waals surface area contributed by atoms with Crippen molar-refractivity contribution in [2.75, 3.05) is 0 Å². The molecule has 2 aromatic rings. The number of rotatable bonds is 4. The van der Waals surface area contributed by atoms with Crippen LogP contribution < -0.4 is 5.32 Å². The zero-order chi connectivity index (χ0) is 17.2. The fourth-order valence-corrected chi connectivity index (χ4v) is 3.69. The van der Waals surface area contributed by atoms with Gasteiger partial charge in [0.15, 0.2) is 0 Å². The Kier molecular flexibility index (Phi) is 4.96. The van der Waals surface area contributed by atoms with Crippen LogP contribution in [-0.4, -0.2) is 5.91 Å². The second kappa shape index (κ2) is 6.98. The smallest absolute Gasteiger partial charge is 0.228 e. The summed E-state index contributed by atoms with van der Waals surface area (Å²) in [6.07, 6.45) is 3.89. The summed E-state index contributed by atoms with van der Waals surface area (Å²) in [5.74, 6) is 0.0783. The van der Waals surface area contributed by atoms with Gasteiger partial charge in [-0.1, -0.05) is 54.9 Å². The summed E-state index contributed by atoms with van der Waals surface area (Å²) in [4.78, 5) is 13.0. The van der Waals surface area contributed by atoms with Crippen LogP contribution in [-0.2, 0) is 16.8 Å². The molecule has 1 aliphatic carbocycles. The third kappa shape index (κ3) is 3.34. The summed E-state index contributed by atoms with van der Waals surface area (Å²) in [6, 6.07) is 16.1. The van der Waals surface area contributed by atoms with Crippen molar-refractivity contribution in [3.8, 4) is 0 Å². The first-order chi connectivity index (χ1) is 11.5. The fourth-order valence-electron chi connectivity index (χ4n) is 3.57. The van der Waals surface area contributed by atoms with Gasteiger partial charge in [-0.05, 0) is 61.4 Å². The topological polar surface area (TPSA) is 29.1 Å². The van der Waals surface area contributed by atoms with Gasteiger partial charge < -0.3 is 5.32 Å². The van der Waals surface area contributed by atoms with Crippen LogP contribution in [0.1, 0.15) is 55.7 Å². The van der Waals surface area contributed by atoms with E-state index < -0.39 is 0 Å². The predicted octanol–water partition coefficient (Wildman–Crippen LogP) is 5.20. The molecule has 1 amide bonds. The SMILES string of the molecule is CCC(C)(NC(=O)C1CCCc2ccccc21)c1ccc(Cl)cc1. The number of nitrogens with one attached hydrogen (secondary N) is 1. The van der Waals surface area contributed by atoms with Crippen LogP contribution >= 0.6 is 11.6 Å². The number of hydrogen-bond acceptors (Lipinski definition) is 1. The summed E-state index contributed by atoms with van der Waals surface area (Å²) in [7, 11) is 0. The molecule has 24 heavy (non-hydrogen) atoms. The van der Waals surface area contributed by atoms with E-state index in [9.17, 15) is 4.79 Å². The lowest BCUT2D eigenvalue weighted by Crippen LogP contribution is -2.45. The minimum atomic E-state index is -0.381. The van der Waals surface area contributed by atoms with Gasteiger partial charge in [-0.3, -0.25) is 4.79 Å². The maximum Gasteiger partial charge on any atom is 0.228 e. The molecule has 0 bridgehead atoms. The van der Waals surface area contributed by atoms with Crippen molar-refractivity contribution in [3.63, 3.8) is 0 Å². The van der Waals surface area contributed by atoms with Crippen LogP contribution in [0.4, 0.5) is 0 Å². The van der Waals surface area contributed by atoms with Crippen molar-refractivity contribution in [1.29, 1.82) is 0 Å². The number of fused-ring (bicyclic) bond motifs is 1. The van der Waals surface area contributed by atoms with Crippen molar-refractivity contribution < 1.29 is 4.79 Å². The maximum atomic E-state index is 13.0. The van der Waals surface area contributed by atoms with E-state index in [4.69, 9.17) is 11.6 Å². The van der Waals surface area contributed by atoms with E-state index >= 15 is 0 Å². The van der Waals surface area contributed by atoms with Gasteiger partial charge in [0, 0.05) is 5.02 Å². The Morgan fingerprint density at radius 1 is 1.21 bits per heavy atom. The molecule has 0 saturated carbocycles. The normalized spacial score (nSPS) is 19.2. The molecular formula is C21H24ClNO. The average molecular weight is 342 g/mol. The molecule has 0 fully saturated rings. The van der Waals surface area contributed by atoms with Crippen LogP contribution in [0.3, 0.4) is 0 Å². The van der Waals surface area contributed by atoms with Crippen molar-refractivity contribution in [1.82, 2.24) is 5.32 Å². The van der Waals surface area contributed by atoms with Crippen LogP contribution in [0.2, 0.25) is 5.02 Å². The third-order valence-corrected chi connectivity index (χ3v) is 5.53.